The normalized spacial score (nSPS) is 14.1. The van der Waals surface area contributed by atoms with E-state index in [-0.39, 0.29) is 5.83 Å². The van der Waals surface area contributed by atoms with Gasteiger partial charge in [0, 0.05) is 9.75 Å². The van der Waals surface area contributed by atoms with Crippen molar-refractivity contribution >= 4 is 17.4 Å². The van der Waals surface area contributed by atoms with Gasteiger partial charge in [0.15, 0.2) is 0 Å². The molecule has 0 aliphatic heterocycles. The van der Waals surface area contributed by atoms with Gasteiger partial charge >= 0.3 is 0 Å². The van der Waals surface area contributed by atoms with E-state index in [0.29, 0.717) is 0 Å². The van der Waals surface area contributed by atoms with Gasteiger partial charge in [0.25, 0.3) is 0 Å². The number of aliphatic hydroxyl groups is 1. The van der Waals surface area contributed by atoms with Crippen molar-refractivity contribution < 1.29 is 9.50 Å². The van der Waals surface area contributed by atoms with Crippen molar-refractivity contribution in [2.75, 3.05) is 0 Å². The van der Waals surface area contributed by atoms with Crippen molar-refractivity contribution in [1.82, 2.24) is 0 Å². The molecule has 1 aromatic rings. The first-order valence-electron chi connectivity index (χ1n) is 6.89. The Balaban J connectivity index is 2.70. The third-order valence-electron chi connectivity index (χ3n) is 3.01. The van der Waals surface area contributed by atoms with Crippen molar-refractivity contribution in [1.29, 1.82) is 0 Å². The third kappa shape index (κ3) is 6.23. The molecule has 3 heteroatoms. The molecule has 0 bridgehead atoms. The van der Waals surface area contributed by atoms with Crippen LogP contribution >= 0.6 is 11.3 Å². The van der Waals surface area contributed by atoms with Crippen molar-refractivity contribution in [2.24, 2.45) is 0 Å². The van der Waals surface area contributed by atoms with E-state index in [4.69, 9.17) is 0 Å². The van der Waals surface area contributed by atoms with E-state index in [1.807, 2.05) is 6.08 Å². The third-order valence-corrected chi connectivity index (χ3v) is 4.15. The van der Waals surface area contributed by atoms with Crippen LogP contribution in [0.5, 0.6) is 0 Å². The van der Waals surface area contributed by atoms with Crippen LogP contribution in [0.4, 0.5) is 4.39 Å². The van der Waals surface area contributed by atoms with Crippen LogP contribution in [0.3, 0.4) is 0 Å². The van der Waals surface area contributed by atoms with Gasteiger partial charge in [-0.2, -0.15) is 0 Å². The molecule has 114 valence electrons. The van der Waals surface area contributed by atoms with Crippen molar-refractivity contribution in [3.8, 4) is 0 Å². The largest absolute Gasteiger partial charge is 0.386 e. The van der Waals surface area contributed by atoms with Crippen LogP contribution in [0.1, 0.15) is 34.7 Å². The molecule has 0 aliphatic carbocycles. The summed E-state index contributed by atoms with van der Waals surface area (Å²) in [6.45, 7) is 9.59. The topological polar surface area (TPSA) is 20.2 Å². The predicted octanol–water partition coefficient (Wildman–Crippen LogP) is 5.42. The maximum atomic E-state index is 13.6. The molecule has 1 heterocycles. The molecule has 0 fully saturated rings. The molecule has 1 nitrogen and oxygen atoms in total. The minimum Gasteiger partial charge on any atom is -0.386 e. The summed E-state index contributed by atoms with van der Waals surface area (Å²) in [5.74, 6) is -0.325. The lowest BCUT2D eigenvalue weighted by Crippen LogP contribution is -2.13. The summed E-state index contributed by atoms with van der Waals surface area (Å²) in [6.07, 6.45) is 11.3. The number of aryl methyl sites for hydroxylation is 2. The van der Waals surface area contributed by atoms with E-state index >= 15 is 0 Å². The molecule has 0 aliphatic rings. The Morgan fingerprint density at radius 1 is 1.10 bits per heavy atom. The van der Waals surface area contributed by atoms with Gasteiger partial charge in [0.2, 0.25) is 0 Å². The average molecular weight is 306 g/mol. The molecular formula is C18H23FOS. The summed E-state index contributed by atoms with van der Waals surface area (Å²) in [5.41, 5.74) is 1.55. The Labute approximate surface area is 130 Å². The summed E-state index contributed by atoms with van der Waals surface area (Å²) in [7, 11) is 0. The molecule has 0 aromatic carbocycles. The van der Waals surface area contributed by atoms with Crippen LogP contribution in [0.2, 0.25) is 0 Å². The van der Waals surface area contributed by atoms with Gasteiger partial charge in [-0.3, -0.25) is 0 Å². The van der Waals surface area contributed by atoms with Gasteiger partial charge in [-0.1, -0.05) is 30.4 Å². The second-order valence-electron chi connectivity index (χ2n) is 5.54. The highest BCUT2D eigenvalue weighted by molar-refractivity contribution is 7.12. The number of halogens is 1. The number of hydrogen-bond donors (Lipinski definition) is 1. The van der Waals surface area contributed by atoms with Crippen LogP contribution in [0.15, 0.2) is 42.3 Å². The summed E-state index contributed by atoms with van der Waals surface area (Å²) < 4.78 is 13.6. The summed E-state index contributed by atoms with van der Waals surface area (Å²) in [4.78, 5) is 2.55. The van der Waals surface area contributed by atoms with Crippen molar-refractivity contribution in [3.63, 3.8) is 0 Å². The fraction of sp³-hybridized carbons (Fsp3) is 0.333. The highest BCUT2D eigenvalue weighted by Crippen LogP contribution is 2.27. The zero-order chi connectivity index (χ0) is 16.0. The maximum Gasteiger partial charge on any atom is 0.123 e. The Bertz CT molecular complexity index is 595. The van der Waals surface area contributed by atoms with Crippen molar-refractivity contribution in [3.05, 3.63) is 63.2 Å². The first-order chi connectivity index (χ1) is 9.70. The van der Waals surface area contributed by atoms with Gasteiger partial charge in [-0.15, -0.1) is 11.3 Å². The molecule has 0 unspecified atom stereocenters. The lowest BCUT2D eigenvalue weighted by Gasteiger charge is -2.08. The van der Waals surface area contributed by atoms with Gasteiger partial charge in [0.1, 0.15) is 5.83 Å². The summed E-state index contributed by atoms with van der Waals surface area (Å²) in [5, 5.41) is 9.47. The van der Waals surface area contributed by atoms with Crippen LogP contribution in [-0.4, -0.2) is 10.7 Å². The number of thiophene rings is 1. The minimum absolute atomic E-state index is 0.325. The molecular weight excluding hydrogens is 283 g/mol. The zero-order valence-corrected chi connectivity index (χ0v) is 14.1. The molecule has 21 heavy (non-hydrogen) atoms. The lowest BCUT2D eigenvalue weighted by atomic mass is 10.1. The fourth-order valence-corrected chi connectivity index (χ4v) is 2.84. The van der Waals surface area contributed by atoms with Gasteiger partial charge in [0.05, 0.1) is 5.60 Å². The number of rotatable bonds is 5. The molecule has 1 aromatic heterocycles. The smallest absolute Gasteiger partial charge is 0.123 e. The van der Waals surface area contributed by atoms with E-state index in [1.165, 1.54) is 33.0 Å². The van der Waals surface area contributed by atoms with Crippen molar-refractivity contribution in [2.45, 2.75) is 40.2 Å². The molecule has 1 rings (SSSR count). The molecule has 0 spiro atoms. The minimum atomic E-state index is -0.879. The standard InChI is InChI=1S/C18H23FOS/c1-13-14(2)21-15(3)17(13)11-8-10-16(19)9-6-7-12-18(4,5)20/h6-12,20H,1-5H3. The van der Waals surface area contributed by atoms with E-state index in [2.05, 4.69) is 20.8 Å². The van der Waals surface area contributed by atoms with Gasteiger partial charge in [-0.05, 0) is 57.9 Å². The Hall–Kier alpha value is -1.45. The molecule has 1 N–H and O–H groups in total. The molecule has 0 radical (unpaired) electrons. The first-order valence-corrected chi connectivity index (χ1v) is 7.71. The second kappa shape index (κ2) is 7.53. The Morgan fingerprint density at radius 2 is 1.76 bits per heavy atom. The molecule has 0 amide bonds. The average Bonchev–Trinajstić information content (AvgIpc) is 2.60. The first kappa shape index (κ1) is 17.6. The molecule has 0 saturated carbocycles. The molecule has 0 atom stereocenters. The van der Waals surface area contributed by atoms with E-state index in [9.17, 15) is 9.50 Å². The van der Waals surface area contributed by atoms with Crippen LogP contribution in [-0.2, 0) is 0 Å². The SMILES string of the molecule is Cc1sc(C)c(C=CC=C(F)C=CC=CC(C)(C)O)c1C. The Kier molecular flexibility index (Phi) is 6.31. The quantitative estimate of drug-likeness (QED) is 0.720. The van der Waals surface area contributed by atoms with Gasteiger partial charge < -0.3 is 5.11 Å². The summed E-state index contributed by atoms with van der Waals surface area (Å²) >= 11 is 1.76. The highest BCUT2D eigenvalue weighted by atomic mass is 32.1. The maximum absolute atomic E-state index is 13.6. The van der Waals surface area contributed by atoms with Crippen LogP contribution < -0.4 is 0 Å². The van der Waals surface area contributed by atoms with Crippen LogP contribution in [0.25, 0.3) is 6.08 Å². The number of allylic oxidation sites excluding steroid dienone is 6. The second-order valence-corrected chi connectivity index (χ2v) is 6.96. The fourth-order valence-electron chi connectivity index (χ4n) is 1.79. The predicted molar refractivity (Wildman–Crippen MR) is 91.3 cm³/mol. The van der Waals surface area contributed by atoms with Crippen LogP contribution in [0, 0.1) is 20.8 Å². The molecule has 0 saturated heterocycles. The monoisotopic (exact) mass is 306 g/mol. The zero-order valence-electron chi connectivity index (χ0n) is 13.3. The Morgan fingerprint density at radius 3 is 2.29 bits per heavy atom. The van der Waals surface area contributed by atoms with Gasteiger partial charge in [-0.25, -0.2) is 4.39 Å². The van der Waals surface area contributed by atoms with E-state index in [0.717, 1.165) is 0 Å². The van der Waals surface area contributed by atoms with E-state index in [1.54, 1.807) is 49.5 Å². The lowest BCUT2D eigenvalue weighted by molar-refractivity contribution is 0.133. The number of hydrogen-bond acceptors (Lipinski definition) is 2. The highest BCUT2D eigenvalue weighted by Gasteiger charge is 2.05. The van der Waals surface area contributed by atoms with E-state index < -0.39 is 5.60 Å². The summed E-state index contributed by atoms with van der Waals surface area (Å²) in [6, 6.07) is 0.